The fraction of sp³-hybridized carbons (Fsp3) is 0.0323. The highest BCUT2D eigenvalue weighted by molar-refractivity contribution is 6.96. The third-order valence-electron chi connectivity index (χ3n) is 13.6. The van der Waals surface area contributed by atoms with E-state index < -0.39 is 0 Å². The van der Waals surface area contributed by atoms with Gasteiger partial charge in [0.1, 0.15) is 17.1 Å². The summed E-state index contributed by atoms with van der Waals surface area (Å²) in [6.45, 7) is 0.0943. The zero-order chi connectivity index (χ0) is 43.6. The van der Waals surface area contributed by atoms with Gasteiger partial charge in [-0.2, -0.15) is 0 Å². The van der Waals surface area contributed by atoms with Crippen molar-refractivity contribution >= 4 is 83.5 Å². The van der Waals surface area contributed by atoms with E-state index in [0.29, 0.717) is 0 Å². The van der Waals surface area contributed by atoms with Crippen molar-refractivity contribution in [3.05, 3.63) is 248 Å². The molecule has 308 valence electrons. The number of hydrogen-bond acceptors (Lipinski definition) is 3. The number of anilines is 2. The quantitative estimate of drug-likeness (QED) is 0.143. The number of furan rings is 1. The van der Waals surface area contributed by atoms with Crippen molar-refractivity contribution in [1.29, 1.82) is 0 Å². The van der Waals surface area contributed by atoms with E-state index in [1.54, 1.807) is 0 Å². The molecule has 4 heteroatoms. The van der Waals surface area contributed by atoms with Crippen LogP contribution in [0.1, 0.15) is 18.4 Å². The van der Waals surface area contributed by atoms with E-state index in [1.807, 2.05) is 24.3 Å². The predicted octanol–water partition coefficient (Wildman–Crippen LogP) is 14.0. The first-order valence-electron chi connectivity index (χ1n) is 22.7. The Morgan fingerprint density at radius 3 is 1.97 bits per heavy atom. The van der Waals surface area contributed by atoms with Crippen LogP contribution in [0, 0.1) is 12.1 Å². The summed E-state index contributed by atoms with van der Waals surface area (Å²) >= 11 is 0. The first-order valence-corrected chi connectivity index (χ1v) is 22.7. The Morgan fingerprint density at radius 2 is 1.12 bits per heavy atom. The minimum atomic E-state index is 0.0943. The highest BCUT2D eigenvalue weighted by Crippen LogP contribution is 2.50. The van der Waals surface area contributed by atoms with Gasteiger partial charge in [-0.1, -0.05) is 204 Å². The van der Waals surface area contributed by atoms with Crippen LogP contribution >= 0.6 is 0 Å². The van der Waals surface area contributed by atoms with E-state index in [2.05, 4.69) is 211 Å². The van der Waals surface area contributed by atoms with Gasteiger partial charge in [-0.25, -0.2) is 0 Å². The molecule has 0 fully saturated rings. The Labute approximate surface area is 384 Å². The van der Waals surface area contributed by atoms with Gasteiger partial charge in [0.25, 0.3) is 0 Å². The van der Waals surface area contributed by atoms with E-state index in [4.69, 9.17) is 9.15 Å². The number of ether oxygens (including phenoxy) is 1. The molecule has 0 saturated heterocycles. The number of para-hydroxylation sites is 3. The molecular weight excluding hydrogens is 801 g/mol. The van der Waals surface area contributed by atoms with Gasteiger partial charge in [0, 0.05) is 44.6 Å². The molecule has 10 aromatic carbocycles. The van der Waals surface area contributed by atoms with Crippen LogP contribution in [0.3, 0.4) is 0 Å². The van der Waals surface area contributed by atoms with Crippen molar-refractivity contribution < 1.29 is 9.15 Å². The van der Waals surface area contributed by atoms with E-state index in [-0.39, 0.29) is 6.71 Å². The second-order valence-electron chi connectivity index (χ2n) is 17.2. The summed E-state index contributed by atoms with van der Waals surface area (Å²) in [7, 11) is 0. The van der Waals surface area contributed by atoms with Crippen LogP contribution in [0.4, 0.5) is 11.4 Å². The Hall–Kier alpha value is -8.52. The van der Waals surface area contributed by atoms with Gasteiger partial charge in [0.15, 0.2) is 5.58 Å². The molecule has 0 unspecified atom stereocenters. The average molecular weight is 842 g/mol. The van der Waals surface area contributed by atoms with Gasteiger partial charge in [-0.15, -0.1) is 0 Å². The van der Waals surface area contributed by atoms with Gasteiger partial charge >= 0.3 is 0 Å². The molecule has 0 amide bonds. The molecule has 3 nitrogen and oxygen atoms in total. The van der Waals surface area contributed by atoms with E-state index >= 15 is 0 Å². The second kappa shape index (κ2) is 15.6. The maximum Gasteiger partial charge on any atom is 0.241 e. The van der Waals surface area contributed by atoms with Crippen molar-refractivity contribution in [2.24, 2.45) is 0 Å². The van der Waals surface area contributed by atoms with Gasteiger partial charge in [0.2, 0.25) is 6.71 Å². The minimum Gasteiger partial charge on any atom is -0.456 e. The number of fused-ring (bicyclic) bond motifs is 5. The monoisotopic (exact) mass is 841 g/mol. The molecule has 0 N–H and O–H groups in total. The maximum atomic E-state index is 7.08. The fourth-order valence-corrected chi connectivity index (χ4v) is 10.7. The molecule has 13 rings (SSSR count). The van der Waals surface area contributed by atoms with E-state index in [9.17, 15) is 0 Å². The van der Waals surface area contributed by atoms with Gasteiger partial charge in [-0.05, 0) is 82.1 Å². The van der Waals surface area contributed by atoms with Crippen LogP contribution in [-0.2, 0) is 0 Å². The lowest BCUT2D eigenvalue weighted by Crippen LogP contribution is -2.52. The zero-order valence-electron chi connectivity index (χ0n) is 36.0. The smallest absolute Gasteiger partial charge is 0.241 e. The molecule has 0 spiro atoms. The van der Waals surface area contributed by atoms with Gasteiger partial charge < -0.3 is 14.1 Å². The van der Waals surface area contributed by atoms with Crippen LogP contribution in [-0.4, -0.2) is 6.71 Å². The summed E-state index contributed by atoms with van der Waals surface area (Å²) in [4.78, 5) is 2.38. The van der Waals surface area contributed by atoms with Crippen LogP contribution in [0.5, 0.6) is 5.75 Å². The first-order chi connectivity index (χ1) is 32.8. The molecule has 0 bridgehead atoms. The lowest BCUT2D eigenvalue weighted by molar-refractivity contribution is 0.442. The van der Waals surface area contributed by atoms with Crippen molar-refractivity contribution in [3.63, 3.8) is 0 Å². The van der Waals surface area contributed by atoms with Crippen LogP contribution < -0.4 is 26.0 Å². The average Bonchev–Trinajstić information content (AvgIpc) is 3.77. The Morgan fingerprint density at radius 1 is 0.470 bits per heavy atom. The third-order valence-corrected chi connectivity index (χ3v) is 13.6. The number of rotatable bonds is 8. The summed E-state index contributed by atoms with van der Waals surface area (Å²) in [5.74, 6) is 1.75. The summed E-state index contributed by atoms with van der Waals surface area (Å²) in [5, 5.41) is 7.03. The van der Waals surface area contributed by atoms with Crippen molar-refractivity contribution in [3.8, 4) is 28.0 Å². The van der Waals surface area contributed by atoms with Crippen molar-refractivity contribution in [2.45, 2.75) is 12.8 Å². The van der Waals surface area contributed by atoms with Crippen LogP contribution in [0.25, 0.3) is 71.3 Å². The molecule has 1 aliphatic carbocycles. The molecule has 0 radical (unpaired) electrons. The highest BCUT2D eigenvalue weighted by Gasteiger charge is 2.31. The minimum absolute atomic E-state index is 0.0943. The molecular formula is C62H40BNO2. The lowest BCUT2D eigenvalue weighted by Gasteiger charge is -2.34. The van der Waals surface area contributed by atoms with Gasteiger partial charge in [-0.3, -0.25) is 0 Å². The predicted molar refractivity (Wildman–Crippen MR) is 275 cm³/mol. The molecule has 0 atom stereocenters. The molecule has 0 saturated carbocycles. The third kappa shape index (κ3) is 6.16. The molecule has 2 heterocycles. The normalized spacial score (nSPS) is 13.1. The highest BCUT2D eigenvalue weighted by atomic mass is 16.5. The SMILES string of the molecule is c1cccc(-c2ccccc2N(C2=CC3=C(CC2)c2ccc(-c4cccc5c(B(c6ccccc6)c6ccccc6)cccc45)c4cccc(c24)O3)c2cccc3c2oc2ccccc23)c#1. The Balaban J connectivity index is 0.954. The number of benzene rings is 9. The fourth-order valence-electron chi connectivity index (χ4n) is 10.7. The van der Waals surface area contributed by atoms with Crippen molar-refractivity contribution in [1.82, 2.24) is 0 Å². The zero-order valence-corrected chi connectivity index (χ0v) is 36.0. The number of nitrogens with zero attached hydrogens (tertiary/aromatic N) is 1. The lowest BCUT2D eigenvalue weighted by atomic mass is 9.36. The Kier molecular flexibility index (Phi) is 8.99. The first kappa shape index (κ1) is 38.0. The molecule has 1 aromatic heterocycles. The number of hydrogen-bond donors (Lipinski definition) is 0. The van der Waals surface area contributed by atoms with Crippen LogP contribution in [0.15, 0.2) is 234 Å². The summed E-state index contributed by atoms with van der Waals surface area (Å²) in [6, 6.07) is 82.5. The molecule has 66 heavy (non-hydrogen) atoms. The van der Waals surface area contributed by atoms with Crippen LogP contribution in [0.2, 0.25) is 0 Å². The van der Waals surface area contributed by atoms with Gasteiger partial charge in [0.05, 0.1) is 11.4 Å². The molecule has 1 aliphatic heterocycles. The van der Waals surface area contributed by atoms with E-state index in [0.717, 1.165) is 79.9 Å². The molecule has 11 aromatic rings. The summed E-state index contributed by atoms with van der Waals surface area (Å²) in [6.07, 6.45) is 3.86. The standard InChI is InChI=1S/C62H40BNO2/c1-4-18-41(19-5-1)45-24-10-12-32-56(45)64(57-33-16-30-54-50-25-11-13-34-58(50)66-62(54)57)44-36-37-51-53-39-38-48(52-29-17-35-59(61(52)53)65-60(51)40-44)46-26-14-28-49-47(46)27-15-31-55(49)63(42-20-6-2-7-21-42)43-22-8-3-9-23-43/h1-4,6-18,20-35,38-40H,36-37H2. The topological polar surface area (TPSA) is 25.6 Å². The Bertz CT molecular complexity index is 3700. The maximum absolute atomic E-state index is 7.08. The number of allylic oxidation sites excluding steroid dienone is 3. The molecule has 2 aliphatic rings. The summed E-state index contributed by atoms with van der Waals surface area (Å²) in [5.41, 5.74) is 15.6. The van der Waals surface area contributed by atoms with Crippen molar-refractivity contribution in [2.75, 3.05) is 4.90 Å². The largest absolute Gasteiger partial charge is 0.456 e. The summed E-state index contributed by atoms with van der Waals surface area (Å²) < 4.78 is 13.8. The second-order valence-corrected chi connectivity index (χ2v) is 17.2. The van der Waals surface area contributed by atoms with E-state index in [1.165, 1.54) is 54.8 Å².